The number of rotatable bonds is 7. The number of aliphatic hydroxyl groups is 3. The molecule has 0 spiro atoms. The van der Waals surface area contributed by atoms with Crippen molar-refractivity contribution in [3.8, 4) is 0 Å². The number of allylic oxidation sites excluding steroid dienone is 1. The van der Waals surface area contributed by atoms with Crippen molar-refractivity contribution in [2.24, 2.45) is 0 Å². The summed E-state index contributed by atoms with van der Waals surface area (Å²) in [5.74, 6) is -2.51. The number of carbonyl (C=O) groups excluding carboxylic acids is 4. The third kappa shape index (κ3) is 12.5. The number of benzene rings is 1. The molecule has 0 amide bonds. The number of ketones is 1. The van der Waals surface area contributed by atoms with Crippen molar-refractivity contribution in [2.75, 3.05) is 6.61 Å². The van der Waals surface area contributed by atoms with E-state index in [1.165, 1.54) is 19.1 Å². The molecule has 0 unspecified atom stereocenters. The quantitative estimate of drug-likeness (QED) is 0.206. The van der Waals surface area contributed by atoms with Crippen LogP contribution in [0, 0.1) is 0 Å². The molecular weight excluding hydrogens is 704 g/mol. The predicted octanol–water partition coefficient (Wildman–Crippen LogP) is 3.86. The van der Waals surface area contributed by atoms with Crippen molar-refractivity contribution in [2.45, 2.75) is 159 Å². The predicted molar refractivity (Wildman–Crippen MR) is 193 cm³/mol. The Morgan fingerprint density at radius 1 is 0.852 bits per heavy atom. The van der Waals surface area contributed by atoms with Gasteiger partial charge in [-0.25, -0.2) is 9.59 Å². The number of carbonyl (C=O) groups is 4. The van der Waals surface area contributed by atoms with E-state index in [2.05, 4.69) is 0 Å². The zero-order valence-corrected chi connectivity index (χ0v) is 31.6. The Kier molecular flexibility index (Phi) is 17.3. The van der Waals surface area contributed by atoms with Crippen molar-refractivity contribution in [1.82, 2.24) is 0 Å². The summed E-state index contributed by atoms with van der Waals surface area (Å²) in [6, 6.07) is 8.93. The maximum absolute atomic E-state index is 13.2. The summed E-state index contributed by atoms with van der Waals surface area (Å²) in [6.45, 7) is 6.16. The van der Waals surface area contributed by atoms with Crippen LogP contribution in [0.2, 0.25) is 0 Å². The molecule has 0 aromatic heterocycles. The van der Waals surface area contributed by atoms with Gasteiger partial charge in [0, 0.05) is 24.5 Å². The van der Waals surface area contributed by atoms with Gasteiger partial charge in [0.15, 0.2) is 24.8 Å². The highest BCUT2D eigenvalue weighted by molar-refractivity contribution is 5.88. The number of hydrogen-bond acceptors (Lipinski definition) is 14. The molecule has 2 bridgehead atoms. The van der Waals surface area contributed by atoms with E-state index in [9.17, 15) is 34.5 Å². The Hall–Kier alpha value is -3.50. The molecule has 3 aliphatic heterocycles. The Morgan fingerprint density at radius 3 is 2.31 bits per heavy atom. The number of hydrogen-bond donors (Lipinski definition) is 3. The number of aliphatic hydroxyl groups excluding tert-OH is 3. The summed E-state index contributed by atoms with van der Waals surface area (Å²) >= 11 is 0. The van der Waals surface area contributed by atoms with Gasteiger partial charge in [0.2, 0.25) is 0 Å². The molecule has 14 nitrogen and oxygen atoms in total. The van der Waals surface area contributed by atoms with Gasteiger partial charge in [0.05, 0.1) is 18.6 Å². The van der Waals surface area contributed by atoms with E-state index in [1.807, 2.05) is 13.0 Å². The first-order valence-electron chi connectivity index (χ1n) is 19.0. The van der Waals surface area contributed by atoms with Crippen molar-refractivity contribution in [3.63, 3.8) is 0 Å². The lowest BCUT2D eigenvalue weighted by atomic mass is 9.96. The molecule has 300 valence electrons. The molecule has 0 saturated carbocycles. The number of Topliss-reactive ketones (excluding diaryl/α,β-unsaturated/α-hetero) is 1. The lowest BCUT2D eigenvalue weighted by Gasteiger charge is -2.47. The normalized spacial score (nSPS) is 34.0. The molecule has 54 heavy (non-hydrogen) atoms. The molecule has 3 fully saturated rings. The number of fused-ring (bicyclic) bond motifs is 3. The molecule has 0 aliphatic carbocycles. The molecule has 11 atom stereocenters. The first-order valence-corrected chi connectivity index (χ1v) is 19.0. The van der Waals surface area contributed by atoms with E-state index in [0.29, 0.717) is 31.2 Å². The minimum atomic E-state index is -1.84. The van der Waals surface area contributed by atoms with Gasteiger partial charge in [-0.15, -0.1) is 0 Å². The smallest absolute Gasteiger partial charge is 0.333 e. The zero-order chi connectivity index (χ0) is 39.2. The van der Waals surface area contributed by atoms with E-state index < -0.39 is 85.9 Å². The molecule has 1 aromatic rings. The number of esters is 3. The van der Waals surface area contributed by atoms with Crippen LogP contribution >= 0.6 is 0 Å². The van der Waals surface area contributed by atoms with Crippen LogP contribution in [0.3, 0.4) is 0 Å². The van der Waals surface area contributed by atoms with Crippen molar-refractivity contribution in [3.05, 3.63) is 53.6 Å². The Morgan fingerprint density at radius 2 is 1.59 bits per heavy atom. The Labute approximate surface area is 316 Å². The van der Waals surface area contributed by atoms with Crippen molar-refractivity contribution < 1.29 is 67.7 Å². The fraction of sp³-hybridized carbons (Fsp3) is 0.650. The van der Waals surface area contributed by atoms with Crippen LogP contribution < -0.4 is 0 Å². The Balaban J connectivity index is 1.70. The van der Waals surface area contributed by atoms with Gasteiger partial charge in [-0.2, -0.15) is 0 Å². The second-order valence-corrected chi connectivity index (χ2v) is 14.0. The minimum absolute atomic E-state index is 0.0194. The van der Waals surface area contributed by atoms with Gasteiger partial charge in [0.25, 0.3) is 0 Å². The number of cyclic esters (lactones) is 1. The summed E-state index contributed by atoms with van der Waals surface area (Å²) in [4.78, 5) is 51.8. The molecule has 1 aromatic carbocycles. The van der Waals surface area contributed by atoms with Crippen molar-refractivity contribution in [1.29, 1.82) is 0 Å². The van der Waals surface area contributed by atoms with E-state index in [1.54, 1.807) is 38.1 Å². The summed E-state index contributed by atoms with van der Waals surface area (Å²) in [6.07, 6.45) is -5.30. The highest BCUT2D eigenvalue weighted by Gasteiger charge is 2.54. The Bertz CT molecular complexity index is 1430. The van der Waals surface area contributed by atoms with Crippen LogP contribution in [-0.2, 0) is 52.3 Å². The average Bonchev–Trinajstić information content (AvgIpc) is 3.16. The van der Waals surface area contributed by atoms with E-state index in [4.69, 9.17) is 33.2 Å². The van der Waals surface area contributed by atoms with Crippen LogP contribution in [-0.4, -0.2) is 113 Å². The van der Waals surface area contributed by atoms with Gasteiger partial charge in [-0.3, -0.25) is 9.59 Å². The third-order valence-corrected chi connectivity index (χ3v) is 9.84. The second-order valence-electron chi connectivity index (χ2n) is 14.0. The molecule has 3 saturated heterocycles. The van der Waals surface area contributed by atoms with Gasteiger partial charge < -0.3 is 48.5 Å². The molecular formula is C40H56O14. The molecule has 14 heteroatoms. The first-order chi connectivity index (χ1) is 25.9. The summed E-state index contributed by atoms with van der Waals surface area (Å²) in [7, 11) is 0. The van der Waals surface area contributed by atoms with E-state index in [-0.39, 0.29) is 30.3 Å². The summed E-state index contributed by atoms with van der Waals surface area (Å²) in [5, 5.41) is 33.9. The number of ether oxygens (including phenoxy) is 7. The van der Waals surface area contributed by atoms with Crippen LogP contribution in [0.5, 0.6) is 0 Å². The monoisotopic (exact) mass is 760 g/mol. The van der Waals surface area contributed by atoms with Crippen LogP contribution in [0.4, 0.5) is 0 Å². The van der Waals surface area contributed by atoms with E-state index in [0.717, 1.165) is 31.8 Å². The van der Waals surface area contributed by atoms with Crippen LogP contribution in [0.1, 0.15) is 97.5 Å². The van der Waals surface area contributed by atoms with Gasteiger partial charge >= 0.3 is 17.9 Å². The lowest BCUT2D eigenvalue weighted by molar-refractivity contribution is -0.369. The average molecular weight is 761 g/mol. The third-order valence-electron chi connectivity index (χ3n) is 9.84. The summed E-state index contributed by atoms with van der Waals surface area (Å²) < 4.78 is 41.8. The molecule has 0 radical (unpaired) electrons. The first kappa shape index (κ1) is 43.2. The van der Waals surface area contributed by atoms with E-state index >= 15 is 0 Å². The second kappa shape index (κ2) is 21.6. The molecule has 3 aliphatic rings. The minimum Gasteiger partial charge on any atom is -0.463 e. The van der Waals surface area contributed by atoms with Gasteiger partial charge in [-0.1, -0.05) is 69.0 Å². The molecule has 3 N–H and O–H groups in total. The summed E-state index contributed by atoms with van der Waals surface area (Å²) in [5.41, 5.74) is 0.882. The van der Waals surface area contributed by atoms with Crippen molar-refractivity contribution >= 4 is 29.8 Å². The van der Waals surface area contributed by atoms with Gasteiger partial charge in [-0.05, 0) is 51.7 Å². The zero-order valence-electron chi connectivity index (χ0n) is 31.6. The largest absolute Gasteiger partial charge is 0.463 e. The lowest BCUT2D eigenvalue weighted by Crippen LogP contribution is -2.65. The highest BCUT2D eigenvalue weighted by atomic mass is 16.8. The fourth-order valence-electron chi connectivity index (χ4n) is 6.52. The SMILES string of the molecule is C/C=C(/C)C(=O)O[C@@H]1[C@@H](O)[C@@H]2O[C@@H]3[C@@H](O[C@@H](CCC)CCCCCCC(=O)CCC(=O)OC[C@H](O2)[C@H]1OC(=O)/C=C/c1ccccc1)O[C@@H](C)[C@@H](O)[C@H]3O. The fourth-order valence-corrected chi connectivity index (χ4v) is 6.52. The van der Waals surface area contributed by atoms with Crippen LogP contribution in [0.25, 0.3) is 6.08 Å². The van der Waals surface area contributed by atoms with Crippen LogP contribution in [0.15, 0.2) is 48.1 Å². The standard InChI is InChI=1S/C40H56O14/c1-5-14-28-18-13-8-7-12-17-27(41)20-22-30(42)48-23-29-35(52-31(43)21-19-26-15-10-9-11-16-26)36(53-38(47)24(3)6-2)34(46)39(51-29)54-37-33(45)32(44)25(4)49-40(37)50-28/h6,9-11,15-16,19,21,25,28-29,32-37,39-40,44-46H,5,7-8,12-14,17-18,20,22-23H2,1-4H3/b21-19+,24-6-/t25-,28-,29-,32+,33+,34+,35+,36+,37-,39-,40+/m0/s1. The molecule has 4 rings (SSSR count). The highest BCUT2D eigenvalue weighted by Crippen LogP contribution is 2.33. The molecule has 3 heterocycles. The maximum Gasteiger partial charge on any atom is 0.333 e. The van der Waals surface area contributed by atoms with Gasteiger partial charge in [0.1, 0.15) is 42.9 Å². The maximum atomic E-state index is 13.2. The topological polar surface area (TPSA) is 194 Å².